The maximum atomic E-state index is 6.07. The molecule has 0 unspecified atom stereocenters. The van der Waals surface area contributed by atoms with Crippen LogP contribution in [0.3, 0.4) is 0 Å². The molecule has 102 valence electrons. The van der Waals surface area contributed by atoms with E-state index in [4.69, 9.17) is 15.2 Å². The van der Waals surface area contributed by atoms with Crippen molar-refractivity contribution in [2.24, 2.45) is 5.73 Å². The van der Waals surface area contributed by atoms with Crippen molar-refractivity contribution in [1.29, 1.82) is 0 Å². The van der Waals surface area contributed by atoms with Gasteiger partial charge in [0.15, 0.2) is 0 Å². The number of nitrogens with zero attached hydrogens (tertiary/aromatic N) is 1. The van der Waals surface area contributed by atoms with E-state index in [1.165, 1.54) is 0 Å². The zero-order valence-electron chi connectivity index (χ0n) is 11.6. The lowest BCUT2D eigenvalue weighted by atomic mass is 10.1. The van der Waals surface area contributed by atoms with Gasteiger partial charge in [0, 0.05) is 10.9 Å². The Bertz CT molecular complexity index is 573. The third-order valence-electron chi connectivity index (χ3n) is 2.74. The Balaban J connectivity index is 2.48. The Hall–Kier alpha value is -1.59. The molecule has 0 radical (unpaired) electrons. The van der Waals surface area contributed by atoms with E-state index in [1.54, 1.807) is 25.6 Å². The van der Waals surface area contributed by atoms with Gasteiger partial charge in [0.25, 0.3) is 0 Å². The van der Waals surface area contributed by atoms with Crippen molar-refractivity contribution in [2.45, 2.75) is 19.4 Å². The Morgan fingerprint density at radius 1 is 1.21 bits per heavy atom. The quantitative estimate of drug-likeness (QED) is 0.934. The number of methoxy groups -OCH3 is 2. The fraction of sp³-hybridized carbons (Fsp3) is 0.357. The molecule has 4 nitrogen and oxygen atoms in total. The predicted octanol–water partition coefficient (Wildman–Crippen LogP) is 3.02. The fourth-order valence-corrected chi connectivity index (χ4v) is 2.57. The highest BCUT2D eigenvalue weighted by Gasteiger charge is 2.20. The summed E-state index contributed by atoms with van der Waals surface area (Å²) in [7, 11) is 3.28. The number of nitrogens with two attached hydrogens (primary N) is 1. The maximum Gasteiger partial charge on any atom is 0.128 e. The molecule has 2 aromatic rings. The molecule has 0 aliphatic heterocycles. The second kappa shape index (κ2) is 5.19. The molecule has 0 saturated heterocycles. The highest BCUT2D eigenvalue weighted by atomic mass is 32.1. The number of thiazole rings is 1. The van der Waals surface area contributed by atoms with Crippen molar-refractivity contribution < 1.29 is 9.47 Å². The van der Waals surface area contributed by atoms with Crippen LogP contribution in [0, 0.1) is 0 Å². The molecular weight excluding hydrogens is 260 g/mol. The molecule has 5 heteroatoms. The summed E-state index contributed by atoms with van der Waals surface area (Å²) >= 11 is 1.55. The van der Waals surface area contributed by atoms with Crippen LogP contribution in [0.2, 0.25) is 0 Å². The number of ether oxygens (including phenoxy) is 2. The molecule has 1 aromatic heterocycles. The molecule has 2 N–H and O–H groups in total. The number of aromatic nitrogens is 1. The van der Waals surface area contributed by atoms with Crippen molar-refractivity contribution in [3.05, 3.63) is 28.6 Å². The first kappa shape index (κ1) is 13.8. The summed E-state index contributed by atoms with van der Waals surface area (Å²) in [4.78, 5) is 4.59. The summed E-state index contributed by atoms with van der Waals surface area (Å²) in [5, 5.41) is 2.88. The van der Waals surface area contributed by atoms with Crippen LogP contribution in [0.1, 0.15) is 18.9 Å². The highest BCUT2D eigenvalue weighted by molar-refractivity contribution is 7.10. The number of benzene rings is 1. The van der Waals surface area contributed by atoms with Crippen molar-refractivity contribution in [3.8, 4) is 22.8 Å². The number of hydrogen-bond acceptors (Lipinski definition) is 5. The summed E-state index contributed by atoms with van der Waals surface area (Å²) in [6, 6.07) is 5.66. The maximum absolute atomic E-state index is 6.07. The van der Waals surface area contributed by atoms with Gasteiger partial charge in [-0.05, 0) is 32.0 Å². The van der Waals surface area contributed by atoms with Gasteiger partial charge < -0.3 is 15.2 Å². The van der Waals surface area contributed by atoms with E-state index in [-0.39, 0.29) is 0 Å². The normalized spacial score (nSPS) is 11.4. The van der Waals surface area contributed by atoms with Crippen molar-refractivity contribution in [1.82, 2.24) is 4.98 Å². The van der Waals surface area contributed by atoms with Gasteiger partial charge in [-0.25, -0.2) is 4.98 Å². The summed E-state index contributed by atoms with van der Waals surface area (Å²) in [6.45, 7) is 3.89. The van der Waals surface area contributed by atoms with Crippen molar-refractivity contribution in [2.75, 3.05) is 14.2 Å². The zero-order valence-corrected chi connectivity index (χ0v) is 12.4. The molecule has 1 heterocycles. The zero-order chi connectivity index (χ0) is 14.0. The third kappa shape index (κ3) is 2.88. The van der Waals surface area contributed by atoms with E-state index in [0.717, 1.165) is 27.8 Å². The SMILES string of the molecule is COc1ccc(OC)c(-c2csc(C(C)(C)N)n2)c1. The second-order valence-electron chi connectivity index (χ2n) is 4.83. The van der Waals surface area contributed by atoms with E-state index in [9.17, 15) is 0 Å². The van der Waals surface area contributed by atoms with Crippen LogP contribution in [0.15, 0.2) is 23.6 Å². The van der Waals surface area contributed by atoms with Crippen LogP contribution >= 0.6 is 11.3 Å². The predicted molar refractivity (Wildman–Crippen MR) is 77.9 cm³/mol. The van der Waals surface area contributed by atoms with E-state index in [2.05, 4.69) is 4.98 Å². The molecule has 0 saturated carbocycles. The van der Waals surface area contributed by atoms with Gasteiger partial charge in [0.2, 0.25) is 0 Å². The van der Waals surface area contributed by atoms with Gasteiger partial charge >= 0.3 is 0 Å². The molecule has 0 amide bonds. The minimum Gasteiger partial charge on any atom is -0.497 e. The van der Waals surface area contributed by atoms with E-state index in [0.29, 0.717) is 0 Å². The van der Waals surface area contributed by atoms with E-state index < -0.39 is 5.54 Å². The first-order valence-electron chi connectivity index (χ1n) is 5.93. The molecule has 19 heavy (non-hydrogen) atoms. The first-order valence-corrected chi connectivity index (χ1v) is 6.81. The average Bonchev–Trinajstić information content (AvgIpc) is 2.87. The van der Waals surface area contributed by atoms with E-state index in [1.807, 2.05) is 37.4 Å². The van der Waals surface area contributed by atoms with Crippen molar-refractivity contribution >= 4 is 11.3 Å². The van der Waals surface area contributed by atoms with Crippen LogP contribution in [-0.2, 0) is 5.54 Å². The van der Waals surface area contributed by atoms with Crippen LogP contribution < -0.4 is 15.2 Å². The Morgan fingerprint density at radius 3 is 2.47 bits per heavy atom. The number of hydrogen-bond donors (Lipinski definition) is 1. The molecule has 0 bridgehead atoms. The summed E-state index contributed by atoms with van der Waals surface area (Å²) < 4.78 is 10.6. The van der Waals surface area contributed by atoms with Gasteiger partial charge in [-0.1, -0.05) is 0 Å². The Labute approximate surface area is 117 Å². The lowest BCUT2D eigenvalue weighted by Crippen LogP contribution is -2.28. The Morgan fingerprint density at radius 2 is 1.95 bits per heavy atom. The number of rotatable bonds is 4. The van der Waals surface area contributed by atoms with Crippen LogP contribution in [0.25, 0.3) is 11.3 Å². The van der Waals surface area contributed by atoms with Crippen LogP contribution in [-0.4, -0.2) is 19.2 Å². The molecular formula is C14H18N2O2S. The fourth-order valence-electron chi connectivity index (χ4n) is 1.71. The average molecular weight is 278 g/mol. The standard InChI is InChI=1S/C14H18N2O2S/c1-14(2,15)13-16-11(8-19-13)10-7-9(17-3)5-6-12(10)18-4/h5-8H,15H2,1-4H3. The summed E-state index contributed by atoms with van der Waals surface area (Å²) in [6.07, 6.45) is 0. The van der Waals surface area contributed by atoms with Gasteiger partial charge in [-0.3, -0.25) is 0 Å². The third-order valence-corrected chi connectivity index (χ3v) is 3.92. The minimum atomic E-state index is -0.435. The molecule has 0 aliphatic carbocycles. The smallest absolute Gasteiger partial charge is 0.128 e. The lowest BCUT2D eigenvalue weighted by Gasteiger charge is -2.14. The van der Waals surface area contributed by atoms with Crippen LogP contribution in [0.5, 0.6) is 11.5 Å². The van der Waals surface area contributed by atoms with E-state index >= 15 is 0 Å². The van der Waals surface area contributed by atoms with Crippen molar-refractivity contribution in [3.63, 3.8) is 0 Å². The largest absolute Gasteiger partial charge is 0.497 e. The van der Waals surface area contributed by atoms with Gasteiger partial charge in [-0.2, -0.15) is 0 Å². The lowest BCUT2D eigenvalue weighted by molar-refractivity contribution is 0.404. The molecule has 0 aliphatic rings. The minimum absolute atomic E-state index is 0.435. The first-order chi connectivity index (χ1) is 8.95. The van der Waals surface area contributed by atoms with Crippen LogP contribution in [0.4, 0.5) is 0 Å². The van der Waals surface area contributed by atoms with Gasteiger partial charge in [0.1, 0.15) is 16.5 Å². The van der Waals surface area contributed by atoms with Gasteiger partial charge in [-0.15, -0.1) is 11.3 Å². The topological polar surface area (TPSA) is 57.4 Å². The molecule has 0 spiro atoms. The highest BCUT2D eigenvalue weighted by Crippen LogP contribution is 2.35. The molecule has 1 aromatic carbocycles. The second-order valence-corrected chi connectivity index (χ2v) is 5.68. The van der Waals surface area contributed by atoms with Gasteiger partial charge in [0.05, 0.1) is 25.5 Å². The summed E-state index contributed by atoms with van der Waals surface area (Å²) in [5.41, 5.74) is 7.40. The monoisotopic (exact) mass is 278 g/mol. The summed E-state index contributed by atoms with van der Waals surface area (Å²) in [5.74, 6) is 1.55. The Kier molecular flexibility index (Phi) is 3.78. The molecule has 0 atom stereocenters. The molecule has 2 rings (SSSR count). The molecule has 0 fully saturated rings.